The molecule has 3 N–H and O–H groups in total. The van der Waals surface area contributed by atoms with Crippen LogP contribution in [0.15, 0.2) is 42.5 Å². The van der Waals surface area contributed by atoms with Crippen LogP contribution in [0.3, 0.4) is 0 Å². The first-order valence-corrected chi connectivity index (χ1v) is 12.1. The predicted molar refractivity (Wildman–Crippen MR) is 134 cm³/mol. The van der Waals surface area contributed by atoms with Crippen molar-refractivity contribution in [2.75, 3.05) is 44.5 Å². The number of amides is 4. The molecule has 198 valence electrons. The maximum Gasteiger partial charge on any atom is 0.323 e. The van der Waals surface area contributed by atoms with Gasteiger partial charge in [0.1, 0.15) is 24.3 Å². The Bertz CT molecular complexity index is 1150. The van der Waals surface area contributed by atoms with Gasteiger partial charge in [-0.2, -0.15) is 0 Å². The molecule has 1 fully saturated rings. The van der Waals surface area contributed by atoms with Crippen molar-refractivity contribution in [1.82, 2.24) is 10.2 Å². The number of likely N-dealkylation sites (N-methyl/N-ethyl adjacent to an activating group) is 1. The number of carbonyl (C=O) groups is 3. The Balaban J connectivity index is 1.40. The molecule has 2 aromatic carbocycles. The molecule has 0 unspecified atom stereocenters. The Hall–Kier alpha value is -3.70. The van der Waals surface area contributed by atoms with Gasteiger partial charge in [-0.3, -0.25) is 9.59 Å². The lowest BCUT2D eigenvalue weighted by atomic mass is 9.94. The van der Waals surface area contributed by atoms with Crippen molar-refractivity contribution < 1.29 is 33.0 Å². The molecule has 0 bridgehead atoms. The molecule has 0 aromatic heterocycles. The molecule has 0 saturated carbocycles. The van der Waals surface area contributed by atoms with E-state index in [1.807, 2.05) is 0 Å². The van der Waals surface area contributed by atoms with Crippen molar-refractivity contribution in [3.05, 3.63) is 53.8 Å². The number of anilines is 2. The van der Waals surface area contributed by atoms with Crippen LogP contribution < -0.4 is 20.7 Å². The van der Waals surface area contributed by atoms with Gasteiger partial charge in [0.25, 0.3) is 5.91 Å². The van der Waals surface area contributed by atoms with Crippen LogP contribution in [0.5, 0.6) is 5.75 Å². The Morgan fingerprint density at radius 1 is 1.14 bits per heavy atom. The molecule has 4 rings (SSSR count). The normalized spacial score (nSPS) is 21.0. The molecule has 2 aromatic rings. The number of carbonyl (C=O) groups excluding carboxylic acids is 3. The van der Waals surface area contributed by atoms with Gasteiger partial charge in [0.05, 0.1) is 30.7 Å². The molecule has 37 heavy (non-hydrogen) atoms. The number of nitrogens with zero attached hydrogens (tertiary/aromatic N) is 1. The number of ether oxygens (including phenoxy) is 3. The summed E-state index contributed by atoms with van der Waals surface area (Å²) in [4.78, 5) is 39.6. The third-order valence-electron chi connectivity index (χ3n) is 6.39. The van der Waals surface area contributed by atoms with Crippen molar-refractivity contribution in [1.29, 1.82) is 0 Å². The van der Waals surface area contributed by atoms with E-state index in [1.54, 1.807) is 43.3 Å². The van der Waals surface area contributed by atoms with Gasteiger partial charge < -0.3 is 35.1 Å². The average Bonchev–Trinajstić information content (AvgIpc) is 2.86. The lowest BCUT2D eigenvalue weighted by Crippen LogP contribution is -2.54. The van der Waals surface area contributed by atoms with Crippen molar-refractivity contribution in [2.45, 2.75) is 37.5 Å². The van der Waals surface area contributed by atoms with Gasteiger partial charge in [-0.05, 0) is 49.2 Å². The fourth-order valence-electron chi connectivity index (χ4n) is 4.54. The van der Waals surface area contributed by atoms with Crippen molar-refractivity contribution >= 4 is 29.2 Å². The largest absolute Gasteiger partial charge is 0.490 e. The predicted octanol–water partition coefficient (Wildman–Crippen LogP) is 3.00. The summed E-state index contributed by atoms with van der Waals surface area (Å²) in [5.41, 5.74) is 0.996. The number of benzene rings is 2. The Morgan fingerprint density at radius 3 is 2.68 bits per heavy atom. The van der Waals surface area contributed by atoms with Crippen LogP contribution >= 0.6 is 0 Å². The van der Waals surface area contributed by atoms with Crippen LogP contribution in [0, 0.1) is 5.82 Å². The highest BCUT2D eigenvalue weighted by Crippen LogP contribution is 2.32. The molecule has 1 saturated heterocycles. The van der Waals surface area contributed by atoms with Crippen LogP contribution in [0.25, 0.3) is 0 Å². The highest BCUT2D eigenvalue weighted by molar-refractivity contribution is 6.02. The molecule has 2 aliphatic heterocycles. The Morgan fingerprint density at radius 2 is 1.92 bits per heavy atom. The second-order valence-corrected chi connectivity index (χ2v) is 9.02. The number of hydrogen-bond donors (Lipinski definition) is 3. The molecular weight excluding hydrogens is 483 g/mol. The smallest absolute Gasteiger partial charge is 0.323 e. The van der Waals surface area contributed by atoms with Gasteiger partial charge in [-0.25, -0.2) is 9.18 Å². The van der Waals surface area contributed by atoms with Gasteiger partial charge in [0, 0.05) is 32.1 Å². The summed E-state index contributed by atoms with van der Waals surface area (Å²) >= 11 is 0. The number of halogens is 1. The molecule has 2 aliphatic rings. The standard InChI is InChI=1S/C26H31FN4O6/c1-31-21-8-7-19(14-24(32)28-10-11-35-2)37-23(21)15-36-22-9-6-18(13-20(22)25(31)33)30-26(34)29-17-5-3-4-16(27)12-17/h3-6,9,12-13,19,21,23H,7-8,10-11,14-15H2,1-2H3,(H,28,32)(H2,29,30,34)/t19-,21-,23-/m1/s1. The SMILES string of the molecule is COCCNC(=O)C[C@H]1CC[C@@H]2[C@@H](COc3ccc(NC(=O)Nc4cccc(F)c4)cc3C(=O)N2C)O1. The molecule has 2 heterocycles. The van der Waals surface area contributed by atoms with Crippen molar-refractivity contribution in [3.8, 4) is 5.75 Å². The van der Waals surface area contributed by atoms with Crippen LogP contribution in [-0.2, 0) is 14.3 Å². The van der Waals surface area contributed by atoms with Crippen LogP contribution in [0.2, 0.25) is 0 Å². The highest BCUT2D eigenvalue weighted by atomic mass is 19.1. The first-order valence-electron chi connectivity index (χ1n) is 12.1. The summed E-state index contributed by atoms with van der Waals surface area (Å²) in [5, 5.41) is 8.01. The number of hydrogen-bond acceptors (Lipinski definition) is 6. The summed E-state index contributed by atoms with van der Waals surface area (Å²) in [7, 11) is 3.29. The van der Waals surface area contributed by atoms with Gasteiger partial charge in [0.2, 0.25) is 5.91 Å². The van der Waals surface area contributed by atoms with Crippen molar-refractivity contribution in [3.63, 3.8) is 0 Å². The van der Waals surface area contributed by atoms with Crippen LogP contribution in [0.1, 0.15) is 29.6 Å². The number of rotatable bonds is 7. The first-order chi connectivity index (χ1) is 17.8. The summed E-state index contributed by atoms with van der Waals surface area (Å²) in [6.07, 6.45) is 0.870. The summed E-state index contributed by atoms with van der Waals surface area (Å²) in [5.74, 6) is -0.470. The number of nitrogens with one attached hydrogen (secondary N) is 3. The zero-order valence-corrected chi connectivity index (χ0v) is 20.8. The third kappa shape index (κ3) is 6.75. The van der Waals surface area contributed by atoms with E-state index in [-0.39, 0.29) is 43.1 Å². The Kier molecular flexibility index (Phi) is 8.57. The molecule has 4 amide bonds. The number of urea groups is 1. The minimum Gasteiger partial charge on any atom is -0.490 e. The van der Waals surface area contributed by atoms with E-state index in [0.29, 0.717) is 48.7 Å². The molecule has 0 aliphatic carbocycles. The molecule has 0 spiro atoms. The van der Waals surface area contributed by atoms with E-state index in [0.717, 1.165) is 0 Å². The highest BCUT2D eigenvalue weighted by Gasteiger charge is 2.39. The topological polar surface area (TPSA) is 118 Å². The van der Waals surface area contributed by atoms with Crippen molar-refractivity contribution in [2.24, 2.45) is 0 Å². The van der Waals surface area contributed by atoms with Gasteiger partial charge in [-0.1, -0.05) is 6.07 Å². The monoisotopic (exact) mass is 514 g/mol. The number of methoxy groups -OCH3 is 1. The molecular formula is C26H31FN4O6. The lowest BCUT2D eigenvalue weighted by Gasteiger charge is -2.42. The second kappa shape index (κ2) is 12.0. The van der Waals surface area contributed by atoms with E-state index in [2.05, 4.69) is 16.0 Å². The fourth-order valence-corrected chi connectivity index (χ4v) is 4.54. The summed E-state index contributed by atoms with van der Waals surface area (Å²) in [6.45, 7) is 1.09. The van der Waals surface area contributed by atoms with Crippen LogP contribution in [0.4, 0.5) is 20.6 Å². The minimum absolute atomic E-state index is 0.108. The second-order valence-electron chi connectivity index (χ2n) is 9.02. The fraction of sp³-hybridized carbons (Fsp3) is 0.423. The molecule has 3 atom stereocenters. The van der Waals surface area contributed by atoms with E-state index >= 15 is 0 Å². The lowest BCUT2D eigenvalue weighted by molar-refractivity contribution is -0.134. The van der Waals surface area contributed by atoms with Crippen LogP contribution in [-0.4, -0.2) is 74.9 Å². The zero-order valence-electron chi connectivity index (χ0n) is 20.8. The maximum absolute atomic E-state index is 13.4. The van der Waals surface area contributed by atoms with Gasteiger partial charge >= 0.3 is 6.03 Å². The summed E-state index contributed by atoms with van der Waals surface area (Å²) in [6, 6.07) is 9.53. The maximum atomic E-state index is 13.4. The average molecular weight is 515 g/mol. The van der Waals surface area contributed by atoms with Gasteiger partial charge in [-0.15, -0.1) is 0 Å². The third-order valence-corrected chi connectivity index (χ3v) is 6.39. The molecule has 11 heteroatoms. The zero-order chi connectivity index (χ0) is 26.4. The van der Waals surface area contributed by atoms with E-state index < -0.39 is 11.8 Å². The first kappa shape index (κ1) is 26.4. The summed E-state index contributed by atoms with van der Waals surface area (Å²) < 4.78 is 30.5. The Labute approximate surface area is 214 Å². The molecule has 10 nitrogen and oxygen atoms in total. The quantitative estimate of drug-likeness (QED) is 0.489. The van der Waals surface area contributed by atoms with E-state index in [4.69, 9.17) is 14.2 Å². The van der Waals surface area contributed by atoms with E-state index in [9.17, 15) is 18.8 Å². The number of fused-ring (bicyclic) bond motifs is 2. The molecule has 0 radical (unpaired) electrons. The van der Waals surface area contributed by atoms with Gasteiger partial charge in [0.15, 0.2) is 0 Å². The minimum atomic E-state index is -0.573. The van der Waals surface area contributed by atoms with E-state index in [1.165, 1.54) is 18.2 Å².